The summed E-state index contributed by atoms with van der Waals surface area (Å²) in [6, 6.07) is 3.77. The number of hydrogen-bond donors (Lipinski definition) is 0. The van der Waals surface area contributed by atoms with Crippen molar-refractivity contribution in [2.75, 3.05) is 13.7 Å². The normalized spacial score (nSPS) is 14.8. The van der Waals surface area contributed by atoms with Crippen molar-refractivity contribution in [3.05, 3.63) is 23.4 Å². The molecule has 104 valence electrons. The highest BCUT2D eigenvalue weighted by molar-refractivity contribution is 5.68. The number of carbonyl (C=O) groups is 1. The zero-order valence-corrected chi connectivity index (χ0v) is 11.9. The molecule has 0 N–H and O–H groups in total. The number of hydrogen-bond acceptors (Lipinski definition) is 4. The highest BCUT2D eigenvalue weighted by Crippen LogP contribution is 2.21. The highest BCUT2D eigenvalue weighted by atomic mass is 16.6. The Hall–Kier alpha value is -1.78. The Balaban J connectivity index is 2.08. The standard InChI is InChI=1S/C14H20N2O3/c1-14(2,3)19-13(17)16-8-7-11-10(9-16)5-6-12(15-11)18-4/h5-6H,7-9H2,1-4H3. The van der Waals surface area contributed by atoms with Crippen molar-refractivity contribution in [3.63, 3.8) is 0 Å². The van der Waals surface area contributed by atoms with Crippen molar-refractivity contribution >= 4 is 6.09 Å². The van der Waals surface area contributed by atoms with Crippen molar-refractivity contribution in [3.8, 4) is 5.88 Å². The van der Waals surface area contributed by atoms with E-state index >= 15 is 0 Å². The molecule has 0 atom stereocenters. The molecule has 0 spiro atoms. The van der Waals surface area contributed by atoms with Crippen LogP contribution in [0.15, 0.2) is 12.1 Å². The minimum Gasteiger partial charge on any atom is -0.481 e. The Kier molecular flexibility index (Phi) is 3.64. The number of aromatic nitrogens is 1. The number of nitrogens with zero attached hydrogens (tertiary/aromatic N) is 2. The molecule has 0 unspecified atom stereocenters. The summed E-state index contributed by atoms with van der Waals surface area (Å²) in [5.41, 5.74) is 1.59. The molecule has 2 heterocycles. The van der Waals surface area contributed by atoms with Gasteiger partial charge in [-0.2, -0.15) is 0 Å². The molecule has 1 aromatic rings. The van der Waals surface area contributed by atoms with Crippen LogP contribution in [0.4, 0.5) is 4.79 Å². The van der Waals surface area contributed by atoms with Crippen LogP contribution in [0.3, 0.4) is 0 Å². The lowest BCUT2D eigenvalue weighted by atomic mass is 10.1. The van der Waals surface area contributed by atoms with E-state index < -0.39 is 5.60 Å². The fourth-order valence-electron chi connectivity index (χ4n) is 1.99. The van der Waals surface area contributed by atoms with Crippen LogP contribution >= 0.6 is 0 Å². The largest absolute Gasteiger partial charge is 0.481 e. The van der Waals surface area contributed by atoms with Crippen molar-refractivity contribution in [2.24, 2.45) is 0 Å². The van der Waals surface area contributed by atoms with Crippen molar-refractivity contribution < 1.29 is 14.3 Å². The minimum absolute atomic E-state index is 0.269. The van der Waals surface area contributed by atoms with Gasteiger partial charge in [0.15, 0.2) is 0 Å². The number of rotatable bonds is 1. The molecular weight excluding hydrogens is 244 g/mol. The van der Waals surface area contributed by atoms with Crippen LogP contribution in [0.5, 0.6) is 5.88 Å². The molecule has 0 radical (unpaired) electrons. The second-order valence-corrected chi connectivity index (χ2v) is 5.61. The second kappa shape index (κ2) is 5.07. The predicted molar refractivity (Wildman–Crippen MR) is 71.1 cm³/mol. The van der Waals surface area contributed by atoms with Crippen LogP contribution in [0.2, 0.25) is 0 Å². The number of ether oxygens (including phenoxy) is 2. The maximum Gasteiger partial charge on any atom is 0.410 e. The summed E-state index contributed by atoms with van der Waals surface area (Å²) in [6.45, 7) is 6.78. The summed E-state index contributed by atoms with van der Waals surface area (Å²) >= 11 is 0. The Labute approximate surface area is 113 Å². The van der Waals surface area contributed by atoms with Gasteiger partial charge >= 0.3 is 6.09 Å². The summed E-state index contributed by atoms with van der Waals surface area (Å²) in [4.78, 5) is 18.1. The molecule has 5 nitrogen and oxygen atoms in total. The topological polar surface area (TPSA) is 51.7 Å². The van der Waals surface area contributed by atoms with Gasteiger partial charge in [0.2, 0.25) is 5.88 Å². The first-order chi connectivity index (χ1) is 8.89. The van der Waals surface area contributed by atoms with Crippen LogP contribution < -0.4 is 4.74 Å². The summed E-state index contributed by atoms with van der Waals surface area (Å²) in [5.74, 6) is 0.615. The van der Waals surface area contributed by atoms with Crippen LogP contribution in [-0.4, -0.2) is 35.2 Å². The van der Waals surface area contributed by atoms with Gasteiger partial charge in [0.25, 0.3) is 0 Å². The van der Waals surface area contributed by atoms with Gasteiger partial charge in [-0.1, -0.05) is 6.07 Å². The third kappa shape index (κ3) is 3.36. The first-order valence-electron chi connectivity index (χ1n) is 6.40. The van der Waals surface area contributed by atoms with Gasteiger partial charge in [-0.25, -0.2) is 9.78 Å². The smallest absolute Gasteiger partial charge is 0.410 e. The molecule has 2 rings (SSSR count). The van der Waals surface area contributed by atoms with E-state index in [1.165, 1.54) is 0 Å². The van der Waals surface area contributed by atoms with E-state index in [1.807, 2.05) is 32.9 Å². The van der Waals surface area contributed by atoms with Gasteiger partial charge in [-0.15, -0.1) is 0 Å². The molecule has 1 aromatic heterocycles. The third-order valence-electron chi connectivity index (χ3n) is 2.88. The lowest BCUT2D eigenvalue weighted by Gasteiger charge is -2.30. The molecule has 0 aliphatic carbocycles. The third-order valence-corrected chi connectivity index (χ3v) is 2.88. The molecule has 0 aromatic carbocycles. The number of methoxy groups -OCH3 is 1. The van der Waals surface area contributed by atoms with Gasteiger partial charge in [0, 0.05) is 19.0 Å². The fraction of sp³-hybridized carbons (Fsp3) is 0.571. The van der Waals surface area contributed by atoms with Crippen LogP contribution in [0, 0.1) is 0 Å². The quantitative estimate of drug-likeness (QED) is 0.781. The van der Waals surface area contributed by atoms with Crippen LogP contribution in [0.25, 0.3) is 0 Å². The molecule has 0 saturated heterocycles. The molecule has 0 fully saturated rings. The lowest BCUT2D eigenvalue weighted by molar-refractivity contribution is 0.0222. The molecule has 1 aliphatic rings. The van der Waals surface area contributed by atoms with Gasteiger partial charge in [-0.05, 0) is 26.3 Å². The Bertz CT molecular complexity index is 480. The van der Waals surface area contributed by atoms with Crippen molar-refractivity contribution in [2.45, 2.75) is 39.3 Å². The molecule has 0 bridgehead atoms. The number of carbonyl (C=O) groups excluding carboxylic acids is 1. The number of fused-ring (bicyclic) bond motifs is 1. The van der Waals surface area contributed by atoms with Crippen molar-refractivity contribution in [1.29, 1.82) is 0 Å². The maximum absolute atomic E-state index is 12.0. The summed E-state index contributed by atoms with van der Waals surface area (Å²) in [5, 5.41) is 0. The summed E-state index contributed by atoms with van der Waals surface area (Å²) in [6.07, 6.45) is 0.458. The zero-order chi connectivity index (χ0) is 14.0. The average Bonchev–Trinajstić information content (AvgIpc) is 2.35. The monoisotopic (exact) mass is 264 g/mol. The van der Waals surface area contributed by atoms with E-state index in [1.54, 1.807) is 12.0 Å². The van der Waals surface area contributed by atoms with Crippen LogP contribution in [-0.2, 0) is 17.7 Å². The summed E-state index contributed by atoms with van der Waals surface area (Å²) in [7, 11) is 1.60. The van der Waals surface area contributed by atoms with Gasteiger partial charge in [0.05, 0.1) is 19.3 Å². The Morgan fingerprint density at radius 3 is 2.74 bits per heavy atom. The summed E-state index contributed by atoms with van der Waals surface area (Å²) < 4.78 is 10.5. The predicted octanol–water partition coefficient (Wildman–Crippen LogP) is 2.38. The molecule has 1 amide bonds. The molecule has 19 heavy (non-hydrogen) atoms. The fourth-order valence-corrected chi connectivity index (χ4v) is 1.99. The van der Waals surface area contributed by atoms with Crippen molar-refractivity contribution in [1.82, 2.24) is 9.88 Å². The van der Waals surface area contributed by atoms with Gasteiger partial charge < -0.3 is 14.4 Å². The van der Waals surface area contributed by atoms with E-state index in [-0.39, 0.29) is 6.09 Å². The first kappa shape index (κ1) is 13.6. The number of pyridine rings is 1. The van der Waals surface area contributed by atoms with E-state index in [0.29, 0.717) is 19.0 Å². The van der Waals surface area contributed by atoms with Gasteiger partial charge in [-0.3, -0.25) is 0 Å². The van der Waals surface area contributed by atoms with E-state index in [0.717, 1.165) is 17.7 Å². The first-order valence-corrected chi connectivity index (χ1v) is 6.40. The zero-order valence-electron chi connectivity index (χ0n) is 11.9. The van der Waals surface area contributed by atoms with E-state index in [4.69, 9.17) is 9.47 Å². The molecular formula is C14H20N2O3. The Morgan fingerprint density at radius 1 is 1.37 bits per heavy atom. The Morgan fingerprint density at radius 2 is 2.11 bits per heavy atom. The van der Waals surface area contributed by atoms with E-state index in [2.05, 4.69) is 4.98 Å². The molecule has 0 saturated carbocycles. The average molecular weight is 264 g/mol. The molecule has 5 heteroatoms. The van der Waals surface area contributed by atoms with Gasteiger partial charge in [0.1, 0.15) is 5.60 Å². The number of amides is 1. The second-order valence-electron chi connectivity index (χ2n) is 5.61. The molecule has 1 aliphatic heterocycles. The van der Waals surface area contributed by atoms with E-state index in [9.17, 15) is 4.79 Å². The minimum atomic E-state index is -0.463. The van der Waals surface area contributed by atoms with Crippen LogP contribution in [0.1, 0.15) is 32.0 Å². The highest BCUT2D eigenvalue weighted by Gasteiger charge is 2.26. The SMILES string of the molecule is COc1ccc2c(n1)CCN(C(=O)OC(C)(C)C)C2. The lowest BCUT2D eigenvalue weighted by Crippen LogP contribution is -2.40. The maximum atomic E-state index is 12.0.